The molecule has 6 rings (SSSR count). The van der Waals surface area contributed by atoms with E-state index in [-0.39, 0.29) is 48.6 Å². The Bertz CT molecular complexity index is 1940. The predicted molar refractivity (Wildman–Crippen MR) is 195 cm³/mol. The second-order valence-corrected chi connectivity index (χ2v) is 15.2. The Morgan fingerprint density at radius 3 is 2.19 bits per heavy atom. The van der Waals surface area contributed by atoms with E-state index >= 15 is 4.39 Å². The molecule has 0 saturated carbocycles. The van der Waals surface area contributed by atoms with Crippen molar-refractivity contribution in [2.24, 2.45) is 5.92 Å². The lowest BCUT2D eigenvalue weighted by Crippen LogP contribution is -2.57. The standard InChI is InChI=1S/C39H45ClF4N4O6/c1-20(2)11-31(37(52)45-30(17-33(49)50)29-15-24(12-23(5)35(29)41)34-21(3)13-25(40)14-22(34)4)46-36(51)28-7-8-32(39(42,43)44)48(38(28)53)10-6-9-47-18-26-16-27(19-47)54-26/h7-8,12-15,20,26-27,30-31H,6,9-11,16-19H2,1-5H3,(H,45,52)(H,46,51)(H,49,50)/t26?,27?,30-,31-/m0/s1. The van der Waals surface area contributed by atoms with E-state index in [4.69, 9.17) is 16.3 Å². The molecule has 3 aromatic rings. The first-order valence-corrected chi connectivity index (χ1v) is 18.3. The number of piperidine rings is 1. The van der Waals surface area contributed by atoms with E-state index in [1.54, 1.807) is 32.0 Å². The quantitative estimate of drug-likeness (QED) is 0.158. The minimum absolute atomic E-state index is 0.0123. The molecule has 3 aliphatic rings. The Morgan fingerprint density at radius 2 is 1.61 bits per heavy atom. The van der Waals surface area contributed by atoms with E-state index in [1.165, 1.54) is 13.0 Å². The molecule has 1 aromatic heterocycles. The molecule has 2 amide bonds. The van der Waals surface area contributed by atoms with Gasteiger partial charge in [0.15, 0.2) is 0 Å². The summed E-state index contributed by atoms with van der Waals surface area (Å²) in [4.78, 5) is 55.1. The summed E-state index contributed by atoms with van der Waals surface area (Å²) < 4.78 is 64.0. The molecule has 0 spiro atoms. The highest BCUT2D eigenvalue weighted by molar-refractivity contribution is 6.30. The largest absolute Gasteiger partial charge is 0.481 e. The fraction of sp³-hybridized carbons (Fsp3) is 0.487. The molecule has 15 heteroatoms. The van der Waals surface area contributed by atoms with Gasteiger partial charge in [-0.2, -0.15) is 13.2 Å². The predicted octanol–water partition coefficient (Wildman–Crippen LogP) is 6.59. The van der Waals surface area contributed by atoms with Crippen molar-refractivity contribution in [3.05, 3.63) is 91.1 Å². The van der Waals surface area contributed by atoms with Crippen molar-refractivity contribution in [3.8, 4) is 11.1 Å². The number of aliphatic carboxylic acids is 1. The van der Waals surface area contributed by atoms with E-state index in [9.17, 15) is 37.5 Å². The Balaban J connectivity index is 1.40. The number of morpholine rings is 1. The number of alkyl halides is 3. The maximum absolute atomic E-state index is 15.8. The van der Waals surface area contributed by atoms with Crippen LogP contribution in [0.4, 0.5) is 17.6 Å². The van der Waals surface area contributed by atoms with Crippen molar-refractivity contribution in [1.82, 2.24) is 20.1 Å². The van der Waals surface area contributed by atoms with Crippen molar-refractivity contribution in [1.29, 1.82) is 0 Å². The lowest BCUT2D eigenvalue weighted by Gasteiger charge is -2.47. The Labute approximate surface area is 315 Å². The summed E-state index contributed by atoms with van der Waals surface area (Å²) in [6.45, 7) is 10.2. The number of carboxylic acids is 1. The molecule has 2 unspecified atom stereocenters. The van der Waals surface area contributed by atoms with Crippen molar-refractivity contribution < 1.29 is 41.8 Å². The fourth-order valence-corrected chi connectivity index (χ4v) is 7.81. The molecule has 2 bridgehead atoms. The minimum Gasteiger partial charge on any atom is -0.481 e. The molecule has 3 saturated heterocycles. The summed E-state index contributed by atoms with van der Waals surface area (Å²) in [5.41, 5.74) is 0.0741. The lowest BCUT2D eigenvalue weighted by atomic mass is 9.90. The van der Waals surface area contributed by atoms with Gasteiger partial charge in [-0.15, -0.1) is 0 Å². The van der Waals surface area contributed by atoms with E-state index in [1.807, 2.05) is 13.8 Å². The molecule has 3 fully saturated rings. The van der Waals surface area contributed by atoms with E-state index in [0.29, 0.717) is 40.9 Å². The number of carbonyl (C=O) groups excluding carboxylic acids is 2. The van der Waals surface area contributed by atoms with Crippen molar-refractivity contribution >= 4 is 29.4 Å². The number of aryl methyl sites for hydroxylation is 3. The lowest BCUT2D eigenvalue weighted by molar-refractivity contribution is -0.180. The third-order valence-electron chi connectivity index (χ3n) is 9.87. The molecule has 54 heavy (non-hydrogen) atoms. The van der Waals surface area contributed by atoms with Gasteiger partial charge in [0.1, 0.15) is 23.1 Å². The first kappa shape index (κ1) is 40.9. The van der Waals surface area contributed by atoms with Gasteiger partial charge in [-0.1, -0.05) is 25.4 Å². The molecule has 10 nitrogen and oxygen atoms in total. The number of aromatic nitrogens is 1. The van der Waals surface area contributed by atoms with Crippen molar-refractivity contribution in [2.45, 2.75) is 97.3 Å². The van der Waals surface area contributed by atoms with E-state index in [2.05, 4.69) is 15.5 Å². The highest BCUT2D eigenvalue weighted by atomic mass is 35.5. The minimum atomic E-state index is -4.87. The second-order valence-electron chi connectivity index (χ2n) is 14.7. The zero-order chi connectivity index (χ0) is 39.6. The average molecular weight is 777 g/mol. The van der Waals surface area contributed by atoms with Gasteiger partial charge in [-0.05, 0) is 104 Å². The normalized spacial score (nSPS) is 18.2. The van der Waals surface area contributed by atoms with Gasteiger partial charge in [-0.3, -0.25) is 24.1 Å². The average Bonchev–Trinajstić information content (AvgIpc) is 3.04. The van der Waals surface area contributed by atoms with Crippen LogP contribution in [0.3, 0.4) is 0 Å². The summed E-state index contributed by atoms with van der Waals surface area (Å²) in [5.74, 6) is -4.21. The third-order valence-corrected chi connectivity index (χ3v) is 10.1. The Hall–Kier alpha value is -4.27. The highest BCUT2D eigenvalue weighted by Crippen LogP contribution is 2.35. The van der Waals surface area contributed by atoms with Crippen LogP contribution < -0.4 is 16.2 Å². The second kappa shape index (κ2) is 16.6. The first-order chi connectivity index (χ1) is 25.3. The van der Waals surface area contributed by atoms with Gasteiger partial charge in [0.2, 0.25) is 5.91 Å². The zero-order valence-electron chi connectivity index (χ0n) is 30.8. The number of nitrogens with zero attached hydrogens (tertiary/aromatic N) is 2. The van der Waals surface area contributed by atoms with Gasteiger partial charge >= 0.3 is 12.1 Å². The molecule has 3 aliphatic heterocycles. The number of hydrogen-bond donors (Lipinski definition) is 3. The van der Waals surface area contributed by atoms with Gasteiger partial charge in [-0.25, -0.2) is 4.39 Å². The topological polar surface area (TPSA) is 130 Å². The van der Waals surface area contributed by atoms with Crippen LogP contribution in [0.5, 0.6) is 0 Å². The molecular formula is C39H45ClF4N4O6. The number of carbonyl (C=O) groups is 3. The number of pyridine rings is 1. The number of carboxylic acid groups (broad SMARTS) is 1. The van der Waals surface area contributed by atoms with Crippen LogP contribution in [0.15, 0.2) is 41.2 Å². The summed E-state index contributed by atoms with van der Waals surface area (Å²) >= 11 is 6.22. The number of benzene rings is 2. The molecule has 3 N–H and O–H groups in total. The molecule has 0 radical (unpaired) electrons. The van der Waals surface area contributed by atoms with E-state index < -0.39 is 65.1 Å². The van der Waals surface area contributed by atoms with Gasteiger partial charge in [0.05, 0.1) is 24.7 Å². The third kappa shape index (κ3) is 9.50. The summed E-state index contributed by atoms with van der Waals surface area (Å²) in [6, 6.07) is 5.30. The van der Waals surface area contributed by atoms with Gasteiger partial charge in [0.25, 0.3) is 11.5 Å². The van der Waals surface area contributed by atoms with Gasteiger partial charge < -0.3 is 25.0 Å². The summed E-state index contributed by atoms with van der Waals surface area (Å²) in [6.07, 6.45) is -4.18. The molecule has 0 aliphatic carbocycles. The zero-order valence-corrected chi connectivity index (χ0v) is 31.5. The number of hydrogen-bond acceptors (Lipinski definition) is 6. The van der Waals surface area contributed by atoms with Gasteiger partial charge in [0, 0.05) is 43.2 Å². The maximum Gasteiger partial charge on any atom is 0.431 e. The first-order valence-electron chi connectivity index (χ1n) is 17.9. The van der Waals surface area contributed by atoms with Crippen LogP contribution in [-0.2, 0) is 27.0 Å². The van der Waals surface area contributed by atoms with Crippen molar-refractivity contribution in [3.63, 3.8) is 0 Å². The molecular weight excluding hydrogens is 732 g/mol. The number of rotatable bonds is 14. The van der Waals surface area contributed by atoms with E-state index in [0.717, 1.165) is 29.2 Å². The summed E-state index contributed by atoms with van der Waals surface area (Å²) in [5, 5.41) is 15.4. The Morgan fingerprint density at radius 1 is 0.981 bits per heavy atom. The number of ether oxygens (including phenoxy) is 1. The fourth-order valence-electron chi connectivity index (χ4n) is 7.48. The maximum atomic E-state index is 15.8. The summed E-state index contributed by atoms with van der Waals surface area (Å²) in [7, 11) is 0. The Kier molecular flexibility index (Phi) is 12.6. The van der Waals surface area contributed by atoms with Crippen LogP contribution in [0.1, 0.15) is 83.9 Å². The molecule has 292 valence electrons. The van der Waals surface area contributed by atoms with Crippen LogP contribution in [0, 0.1) is 32.5 Å². The smallest absolute Gasteiger partial charge is 0.431 e. The molecule has 4 atom stereocenters. The highest BCUT2D eigenvalue weighted by Gasteiger charge is 2.39. The van der Waals surface area contributed by atoms with Crippen LogP contribution >= 0.6 is 11.6 Å². The SMILES string of the molecule is Cc1cc(-c2c(C)cc(Cl)cc2C)cc([C@H](CC(=O)O)NC(=O)[C@H](CC(C)C)NC(=O)c2ccc(C(F)(F)F)n(CCCN3CC4CC(C3)O4)c2=O)c1F. The van der Waals surface area contributed by atoms with Crippen LogP contribution in [-0.4, -0.2) is 70.2 Å². The number of amides is 2. The van der Waals surface area contributed by atoms with Crippen molar-refractivity contribution in [2.75, 3.05) is 19.6 Å². The molecule has 2 aromatic carbocycles. The molecule has 4 heterocycles. The number of fused-ring (bicyclic) bond motifs is 2. The van der Waals surface area contributed by atoms with Crippen LogP contribution in [0.2, 0.25) is 5.02 Å². The number of halogens is 5. The number of nitrogens with one attached hydrogen (secondary N) is 2. The monoisotopic (exact) mass is 776 g/mol. The van der Waals surface area contributed by atoms with Crippen LogP contribution in [0.25, 0.3) is 11.1 Å².